The molecular weight excluding hydrogens is 520 g/mol. The first kappa shape index (κ1) is 27.8. The van der Waals surface area contributed by atoms with E-state index in [0.717, 1.165) is 48.7 Å². The SMILES string of the molecule is Cn1cc(C(=O)C2CCCCC2)c2cc(C(=O)NS(=O)(=O)c3ccc(-c4ccc(C(C)(C)C)cc4)cc3)ccc21. The summed E-state index contributed by atoms with van der Waals surface area (Å²) in [7, 11) is -2.23. The predicted molar refractivity (Wildman–Crippen MR) is 159 cm³/mol. The average Bonchev–Trinajstić information content (AvgIpc) is 3.28. The largest absolute Gasteiger partial charge is 0.350 e. The van der Waals surface area contributed by atoms with E-state index in [0.29, 0.717) is 10.9 Å². The van der Waals surface area contributed by atoms with Crippen LogP contribution in [0.5, 0.6) is 0 Å². The zero-order chi connectivity index (χ0) is 28.7. The summed E-state index contributed by atoms with van der Waals surface area (Å²) >= 11 is 0. The molecule has 5 rings (SSSR count). The van der Waals surface area contributed by atoms with Crippen molar-refractivity contribution < 1.29 is 18.0 Å². The predicted octanol–water partition coefficient (Wildman–Crippen LogP) is 7.02. The number of fused-ring (bicyclic) bond motifs is 1. The molecule has 1 saturated carbocycles. The van der Waals surface area contributed by atoms with Crippen molar-refractivity contribution in [2.45, 2.75) is 63.2 Å². The number of carbonyl (C=O) groups excluding carboxylic acids is 2. The van der Waals surface area contributed by atoms with E-state index < -0.39 is 15.9 Å². The van der Waals surface area contributed by atoms with Gasteiger partial charge in [-0.1, -0.05) is 76.4 Å². The fourth-order valence-electron chi connectivity index (χ4n) is 5.54. The molecule has 4 aromatic rings. The molecule has 1 aliphatic carbocycles. The van der Waals surface area contributed by atoms with Crippen LogP contribution in [0.25, 0.3) is 22.0 Å². The van der Waals surface area contributed by atoms with Crippen molar-refractivity contribution in [1.29, 1.82) is 0 Å². The van der Waals surface area contributed by atoms with Gasteiger partial charge in [-0.3, -0.25) is 9.59 Å². The van der Waals surface area contributed by atoms with Crippen LogP contribution in [0.4, 0.5) is 0 Å². The molecule has 6 nitrogen and oxygen atoms in total. The molecule has 1 aliphatic rings. The third-order valence-corrected chi connectivity index (χ3v) is 9.32. The van der Waals surface area contributed by atoms with Crippen LogP contribution in [0.2, 0.25) is 0 Å². The molecule has 0 saturated heterocycles. The molecule has 7 heteroatoms. The van der Waals surface area contributed by atoms with Gasteiger partial charge in [0.1, 0.15) is 0 Å². The van der Waals surface area contributed by atoms with Gasteiger partial charge in [0.2, 0.25) is 0 Å². The summed E-state index contributed by atoms with van der Waals surface area (Å²) in [5, 5.41) is 0.671. The zero-order valence-electron chi connectivity index (χ0n) is 23.5. The minimum Gasteiger partial charge on any atom is -0.350 e. The molecule has 1 N–H and O–H groups in total. The molecule has 0 radical (unpaired) electrons. The number of amides is 1. The minimum absolute atomic E-state index is 0.00314. The van der Waals surface area contributed by atoms with Gasteiger partial charge in [0.25, 0.3) is 15.9 Å². The van der Waals surface area contributed by atoms with Gasteiger partial charge in [-0.25, -0.2) is 13.1 Å². The van der Waals surface area contributed by atoms with E-state index in [4.69, 9.17) is 0 Å². The number of benzene rings is 3. The lowest BCUT2D eigenvalue weighted by Crippen LogP contribution is -2.30. The Bertz CT molecular complexity index is 1670. The number of Topliss-reactive ketones (excluding diaryl/α,β-unsaturated/α-hetero) is 1. The Morgan fingerprint density at radius 2 is 1.45 bits per heavy atom. The summed E-state index contributed by atoms with van der Waals surface area (Å²) < 4.78 is 30.2. The molecule has 0 unspecified atom stereocenters. The van der Waals surface area contributed by atoms with Gasteiger partial charge in [-0.15, -0.1) is 0 Å². The van der Waals surface area contributed by atoms with Crippen molar-refractivity contribution >= 4 is 32.6 Å². The highest BCUT2D eigenvalue weighted by molar-refractivity contribution is 7.90. The Morgan fingerprint density at radius 1 is 0.850 bits per heavy atom. The first-order valence-corrected chi connectivity index (χ1v) is 15.3. The topological polar surface area (TPSA) is 85.2 Å². The van der Waals surface area contributed by atoms with Crippen molar-refractivity contribution in [3.05, 3.63) is 89.6 Å². The van der Waals surface area contributed by atoms with E-state index >= 15 is 0 Å². The van der Waals surface area contributed by atoms with Gasteiger partial charge < -0.3 is 4.57 Å². The molecule has 1 aromatic heterocycles. The van der Waals surface area contributed by atoms with Crippen molar-refractivity contribution in [3.8, 4) is 11.1 Å². The zero-order valence-corrected chi connectivity index (χ0v) is 24.3. The smallest absolute Gasteiger partial charge is 0.265 e. The highest BCUT2D eigenvalue weighted by Gasteiger charge is 2.26. The summed E-state index contributed by atoms with van der Waals surface area (Å²) in [5.41, 5.74) is 4.74. The van der Waals surface area contributed by atoms with Crippen LogP contribution in [0.3, 0.4) is 0 Å². The molecule has 0 spiro atoms. The van der Waals surface area contributed by atoms with Gasteiger partial charge in [0.15, 0.2) is 5.78 Å². The standard InChI is InChI=1S/C33H36N2O4S/c1-33(2,3)26-15-10-22(11-16-26)23-12-17-27(18-13-23)40(38,39)34-32(37)25-14-19-30-28(20-25)29(21-35(30)4)31(36)24-8-6-5-7-9-24/h10-21,24H,5-9H2,1-4H3,(H,34,37). The minimum atomic E-state index is -4.10. The number of hydrogen-bond acceptors (Lipinski definition) is 4. The second-order valence-electron chi connectivity index (χ2n) is 11.9. The van der Waals surface area contributed by atoms with E-state index in [9.17, 15) is 18.0 Å². The van der Waals surface area contributed by atoms with Gasteiger partial charge in [0.05, 0.1) is 4.90 Å². The lowest BCUT2D eigenvalue weighted by molar-refractivity contribution is 0.0890. The molecule has 3 aromatic carbocycles. The fourth-order valence-corrected chi connectivity index (χ4v) is 6.52. The van der Waals surface area contributed by atoms with E-state index in [-0.39, 0.29) is 27.6 Å². The summed E-state index contributed by atoms with van der Waals surface area (Å²) in [6.07, 6.45) is 6.85. The lowest BCUT2D eigenvalue weighted by Gasteiger charge is -2.19. The van der Waals surface area contributed by atoms with Crippen LogP contribution in [-0.4, -0.2) is 24.7 Å². The maximum atomic E-state index is 13.3. The quantitative estimate of drug-likeness (QED) is 0.259. The first-order chi connectivity index (χ1) is 18.9. The van der Waals surface area contributed by atoms with Crippen LogP contribution < -0.4 is 4.72 Å². The van der Waals surface area contributed by atoms with Gasteiger partial charge in [0, 0.05) is 41.2 Å². The van der Waals surface area contributed by atoms with Crippen LogP contribution in [0, 0.1) is 5.92 Å². The third kappa shape index (κ3) is 5.61. The Balaban J connectivity index is 1.35. The molecule has 40 heavy (non-hydrogen) atoms. The molecule has 1 amide bonds. The Kier molecular flexibility index (Phi) is 7.44. The van der Waals surface area contributed by atoms with Crippen molar-refractivity contribution in [1.82, 2.24) is 9.29 Å². The summed E-state index contributed by atoms with van der Waals surface area (Å²) in [6.45, 7) is 6.47. The second-order valence-corrected chi connectivity index (χ2v) is 13.6. The Hall–Kier alpha value is -3.71. The molecule has 1 heterocycles. The van der Waals surface area contributed by atoms with Gasteiger partial charge in [-0.2, -0.15) is 0 Å². The molecule has 0 atom stereocenters. The number of ketones is 1. The van der Waals surface area contributed by atoms with E-state index in [1.807, 2.05) is 29.9 Å². The van der Waals surface area contributed by atoms with Crippen LogP contribution >= 0.6 is 0 Å². The Morgan fingerprint density at radius 3 is 2.05 bits per heavy atom. The monoisotopic (exact) mass is 556 g/mol. The number of nitrogens with zero attached hydrogens (tertiary/aromatic N) is 1. The highest BCUT2D eigenvalue weighted by Crippen LogP contribution is 2.31. The first-order valence-electron chi connectivity index (χ1n) is 13.9. The number of sulfonamides is 1. The summed E-state index contributed by atoms with van der Waals surface area (Å²) in [5.74, 6) is -0.635. The van der Waals surface area contributed by atoms with Crippen LogP contribution in [0.1, 0.15) is 79.2 Å². The fraction of sp³-hybridized carbons (Fsp3) is 0.333. The summed E-state index contributed by atoms with van der Waals surface area (Å²) in [6, 6.07) is 19.7. The molecule has 208 valence electrons. The number of hydrogen-bond donors (Lipinski definition) is 1. The van der Waals surface area contributed by atoms with Crippen LogP contribution in [0.15, 0.2) is 77.8 Å². The number of carbonyl (C=O) groups is 2. The van der Waals surface area contributed by atoms with Crippen LogP contribution in [-0.2, 0) is 22.5 Å². The maximum Gasteiger partial charge on any atom is 0.265 e. The Labute approximate surface area is 236 Å². The normalized spacial score (nSPS) is 14.8. The third-order valence-electron chi connectivity index (χ3n) is 7.97. The molecule has 1 fully saturated rings. The van der Waals surface area contributed by atoms with Gasteiger partial charge in [-0.05, 0) is 65.3 Å². The number of nitrogens with one attached hydrogen (secondary N) is 1. The van der Waals surface area contributed by atoms with E-state index in [1.54, 1.807) is 30.3 Å². The second kappa shape index (κ2) is 10.7. The molecule has 0 aliphatic heterocycles. The lowest BCUT2D eigenvalue weighted by atomic mass is 9.84. The average molecular weight is 557 g/mol. The van der Waals surface area contributed by atoms with E-state index in [2.05, 4.69) is 37.6 Å². The number of aromatic nitrogens is 1. The maximum absolute atomic E-state index is 13.3. The van der Waals surface area contributed by atoms with Crippen molar-refractivity contribution in [2.24, 2.45) is 13.0 Å². The van der Waals surface area contributed by atoms with Gasteiger partial charge >= 0.3 is 0 Å². The van der Waals surface area contributed by atoms with Crippen molar-refractivity contribution in [3.63, 3.8) is 0 Å². The van der Waals surface area contributed by atoms with Crippen molar-refractivity contribution in [2.75, 3.05) is 0 Å². The number of aryl methyl sites for hydroxylation is 1. The number of rotatable bonds is 6. The highest BCUT2D eigenvalue weighted by atomic mass is 32.2. The molecular formula is C33H36N2O4S. The van der Waals surface area contributed by atoms with E-state index in [1.165, 1.54) is 17.7 Å². The summed E-state index contributed by atoms with van der Waals surface area (Å²) in [4.78, 5) is 26.4. The molecule has 0 bridgehead atoms.